The van der Waals surface area contributed by atoms with Crippen molar-refractivity contribution >= 4 is 11.6 Å². The second kappa shape index (κ2) is 9.08. The van der Waals surface area contributed by atoms with Gasteiger partial charge in [-0.25, -0.2) is 0 Å². The van der Waals surface area contributed by atoms with Gasteiger partial charge in [0, 0.05) is 49.9 Å². The Hall–Kier alpha value is -3.26. The molecule has 0 radical (unpaired) electrons. The van der Waals surface area contributed by atoms with Crippen molar-refractivity contribution in [1.29, 1.82) is 0 Å². The average molecular weight is 435 g/mol. The maximum Gasteiger partial charge on any atom is 0.292 e. The Morgan fingerprint density at radius 3 is 2.69 bits per heavy atom. The van der Waals surface area contributed by atoms with Crippen LogP contribution >= 0.6 is 0 Å². The number of amides is 1. The van der Waals surface area contributed by atoms with Gasteiger partial charge in [0.2, 0.25) is 5.89 Å². The molecule has 4 rings (SSSR count). The Balaban J connectivity index is 1.47. The minimum Gasteiger partial charge on any atom is -0.367 e. The van der Waals surface area contributed by atoms with Gasteiger partial charge in [0.15, 0.2) is 0 Å². The molecule has 32 heavy (non-hydrogen) atoms. The maximum absolute atomic E-state index is 12.5. The van der Waals surface area contributed by atoms with E-state index in [9.17, 15) is 4.79 Å². The van der Waals surface area contributed by atoms with Gasteiger partial charge in [0.05, 0.1) is 11.9 Å². The monoisotopic (exact) mass is 434 g/mol. The largest absolute Gasteiger partial charge is 0.367 e. The van der Waals surface area contributed by atoms with Crippen LogP contribution in [-0.4, -0.2) is 47.2 Å². The molecule has 2 N–H and O–H groups in total. The number of hydrogen-bond acceptors (Lipinski definition) is 7. The predicted octanol–water partition coefficient (Wildman–Crippen LogP) is 3.08. The van der Waals surface area contributed by atoms with Crippen LogP contribution in [0.2, 0.25) is 0 Å². The molecule has 8 heteroatoms. The van der Waals surface area contributed by atoms with E-state index in [1.54, 1.807) is 0 Å². The average Bonchev–Trinajstić information content (AvgIpc) is 3.30. The highest BCUT2D eigenvalue weighted by molar-refractivity contribution is 5.90. The third kappa shape index (κ3) is 4.80. The van der Waals surface area contributed by atoms with Crippen LogP contribution in [0, 0.1) is 6.92 Å². The lowest BCUT2D eigenvalue weighted by molar-refractivity contribution is 0.0937. The summed E-state index contributed by atoms with van der Waals surface area (Å²) in [6.07, 6.45) is 3.78. The van der Waals surface area contributed by atoms with E-state index in [1.165, 1.54) is 5.56 Å². The van der Waals surface area contributed by atoms with Gasteiger partial charge >= 0.3 is 0 Å². The quantitative estimate of drug-likeness (QED) is 0.637. The summed E-state index contributed by atoms with van der Waals surface area (Å²) in [5.41, 5.74) is 5.31. The number of aromatic nitrogens is 3. The van der Waals surface area contributed by atoms with Crippen LogP contribution in [0.25, 0.3) is 11.1 Å². The number of pyridine rings is 1. The van der Waals surface area contributed by atoms with Crippen LogP contribution in [0.1, 0.15) is 48.4 Å². The molecule has 2 aromatic heterocycles. The fourth-order valence-electron chi connectivity index (χ4n) is 3.72. The Labute approximate surface area is 188 Å². The van der Waals surface area contributed by atoms with Crippen molar-refractivity contribution in [3.63, 3.8) is 0 Å². The summed E-state index contributed by atoms with van der Waals surface area (Å²) in [7, 11) is 0. The third-order valence-corrected chi connectivity index (χ3v) is 5.62. The fraction of sp³-hybridized carbons (Fsp3) is 0.417. The second-order valence-electron chi connectivity index (χ2n) is 9.13. The number of rotatable bonds is 5. The Morgan fingerprint density at radius 2 is 2.00 bits per heavy atom. The summed E-state index contributed by atoms with van der Waals surface area (Å²) in [4.78, 5) is 23.4. The van der Waals surface area contributed by atoms with Crippen molar-refractivity contribution in [2.45, 2.75) is 39.7 Å². The fourth-order valence-corrected chi connectivity index (χ4v) is 3.72. The number of piperazine rings is 1. The molecule has 0 saturated carbocycles. The number of anilines is 1. The zero-order chi connectivity index (χ0) is 22.7. The van der Waals surface area contributed by atoms with E-state index < -0.39 is 0 Å². The zero-order valence-electron chi connectivity index (χ0n) is 19.1. The molecule has 1 fully saturated rings. The van der Waals surface area contributed by atoms with Gasteiger partial charge < -0.3 is 20.1 Å². The molecule has 1 aliphatic rings. The van der Waals surface area contributed by atoms with Crippen LogP contribution < -0.4 is 15.5 Å². The molecule has 0 aliphatic carbocycles. The summed E-state index contributed by atoms with van der Waals surface area (Å²) >= 11 is 0. The van der Waals surface area contributed by atoms with Gasteiger partial charge in [-0.1, -0.05) is 44.1 Å². The Bertz CT molecular complexity index is 1100. The van der Waals surface area contributed by atoms with Gasteiger partial charge in [-0.05, 0) is 29.7 Å². The second-order valence-corrected chi connectivity index (χ2v) is 9.13. The highest BCUT2D eigenvalue weighted by atomic mass is 16.5. The van der Waals surface area contributed by atoms with Crippen LogP contribution in [0.3, 0.4) is 0 Å². The van der Waals surface area contributed by atoms with E-state index in [4.69, 9.17) is 4.52 Å². The Kier molecular flexibility index (Phi) is 6.23. The first-order valence-electron chi connectivity index (χ1n) is 10.9. The van der Waals surface area contributed by atoms with E-state index in [1.807, 2.05) is 33.2 Å². The molecule has 0 spiro atoms. The lowest BCUT2D eigenvalue weighted by Crippen LogP contribution is -2.43. The molecule has 1 amide bonds. The molecule has 8 nitrogen and oxygen atoms in total. The van der Waals surface area contributed by atoms with Gasteiger partial charge in [0.1, 0.15) is 0 Å². The number of aryl methyl sites for hydroxylation is 1. The minimum absolute atomic E-state index is 0.0571. The summed E-state index contributed by atoms with van der Waals surface area (Å²) in [5.74, 6) is 0.158. The standard InChI is InChI=1S/C24H30N6O2/c1-16-13-17(19-7-8-26-15-20(19)30-11-9-25-10-12-30)5-6-18(16)14-27-22(31)21-28-23(32-29-21)24(2,3)4/h5-8,13,15,25H,9-12,14H2,1-4H3,(H,27,31). The van der Waals surface area contributed by atoms with E-state index in [2.05, 4.69) is 61.8 Å². The normalized spacial score (nSPS) is 14.4. The molecule has 0 bridgehead atoms. The molecule has 3 heterocycles. The molecule has 0 unspecified atom stereocenters. The first-order valence-corrected chi connectivity index (χ1v) is 10.9. The van der Waals surface area contributed by atoms with Crippen LogP contribution in [0.4, 0.5) is 5.69 Å². The first-order chi connectivity index (χ1) is 15.3. The van der Waals surface area contributed by atoms with E-state index in [0.29, 0.717) is 12.4 Å². The lowest BCUT2D eigenvalue weighted by Gasteiger charge is -2.31. The first kappa shape index (κ1) is 22.0. The van der Waals surface area contributed by atoms with Crippen molar-refractivity contribution in [2.24, 2.45) is 0 Å². The number of nitrogens with zero attached hydrogens (tertiary/aromatic N) is 4. The van der Waals surface area contributed by atoms with Gasteiger partial charge in [-0.15, -0.1) is 0 Å². The molecule has 168 valence electrons. The van der Waals surface area contributed by atoms with Gasteiger partial charge in [-0.3, -0.25) is 9.78 Å². The SMILES string of the molecule is Cc1cc(-c2ccncc2N2CCNCC2)ccc1CNC(=O)c1noc(C(C)(C)C)n1. The number of carbonyl (C=O) groups is 1. The lowest BCUT2D eigenvalue weighted by atomic mass is 9.97. The van der Waals surface area contributed by atoms with Crippen molar-refractivity contribution in [3.05, 3.63) is 59.5 Å². The summed E-state index contributed by atoms with van der Waals surface area (Å²) in [6.45, 7) is 12.2. The maximum atomic E-state index is 12.5. The Morgan fingerprint density at radius 1 is 1.22 bits per heavy atom. The third-order valence-electron chi connectivity index (χ3n) is 5.62. The number of carbonyl (C=O) groups excluding carboxylic acids is 1. The molecule has 1 aromatic carbocycles. The molecule has 1 aliphatic heterocycles. The van der Waals surface area contributed by atoms with Gasteiger partial charge in [0.25, 0.3) is 11.7 Å². The topological polar surface area (TPSA) is 96.2 Å². The van der Waals surface area contributed by atoms with Crippen molar-refractivity contribution in [3.8, 4) is 11.1 Å². The highest BCUT2D eigenvalue weighted by Gasteiger charge is 2.24. The van der Waals surface area contributed by atoms with E-state index in [-0.39, 0.29) is 17.1 Å². The molecule has 3 aromatic rings. The van der Waals surface area contributed by atoms with Crippen LogP contribution in [0.5, 0.6) is 0 Å². The van der Waals surface area contributed by atoms with Crippen molar-refractivity contribution < 1.29 is 9.32 Å². The summed E-state index contributed by atoms with van der Waals surface area (Å²) < 4.78 is 5.22. The summed E-state index contributed by atoms with van der Waals surface area (Å²) in [6, 6.07) is 8.39. The van der Waals surface area contributed by atoms with E-state index >= 15 is 0 Å². The van der Waals surface area contributed by atoms with Crippen molar-refractivity contribution in [1.82, 2.24) is 25.8 Å². The van der Waals surface area contributed by atoms with E-state index in [0.717, 1.165) is 48.6 Å². The van der Waals surface area contributed by atoms with Gasteiger partial charge in [-0.2, -0.15) is 4.98 Å². The molecule has 0 atom stereocenters. The minimum atomic E-state index is -0.345. The summed E-state index contributed by atoms with van der Waals surface area (Å²) in [5, 5.41) is 10.1. The van der Waals surface area contributed by atoms with Crippen LogP contribution in [-0.2, 0) is 12.0 Å². The van der Waals surface area contributed by atoms with Crippen LogP contribution in [0.15, 0.2) is 41.2 Å². The molecular formula is C24H30N6O2. The molecular weight excluding hydrogens is 404 g/mol. The number of hydrogen-bond donors (Lipinski definition) is 2. The smallest absolute Gasteiger partial charge is 0.292 e. The molecule has 1 saturated heterocycles. The predicted molar refractivity (Wildman–Crippen MR) is 124 cm³/mol. The van der Waals surface area contributed by atoms with Crippen molar-refractivity contribution in [2.75, 3.05) is 31.1 Å². The highest BCUT2D eigenvalue weighted by Crippen LogP contribution is 2.31. The zero-order valence-corrected chi connectivity index (χ0v) is 19.1. The number of benzene rings is 1. The number of nitrogens with one attached hydrogen (secondary N) is 2.